The predicted molar refractivity (Wildman–Crippen MR) is 102 cm³/mol. The zero-order chi connectivity index (χ0) is 19.6. The first kappa shape index (κ1) is 19.9. The molecule has 0 spiro atoms. The minimum atomic E-state index is -0.534. The number of carbonyl (C=O) groups is 1. The van der Waals surface area contributed by atoms with Gasteiger partial charge in [0.1, 0.15) is 0 Å². The number of ether oxygens (including phenoxy) is 2. The van der Waals surface area contributed by atoms with Gasteiger partial charge in [-0.3, -0.25) is 14.9 Å². The summed E-state index contributed by atoms with van der Waals surface area (Å²) >= 11 is 0. The summed E-state index contributed by atoms with van der Waals surface area (Å²) in [5.41, 5.74) is 3.03. The molecule has 0 atom stereocenters. The van der Waals surface area contributed by atoms with Crippen molar-refractivity contribution in [3.05, 3.63) is 63.7 Å². The van der Waals surface area contributed by atoms with Gasteiger partial charge >= 0.3 is 5.69 Å². The van der Waals surface area contributed by atoms with E-state index < -0.39 is 4.92 Å². The molecule has 0 radical (unpaired) electrons. The van der Waals surface area contributed by atoms with E-state index in [4.69, 9.17) is 9.47 Å². The molecule has 8 heteroatoms. The Morgan fingerprint density at radius 1 is 1.22 bits per heavy atom. The van der Waals surface area contributed by atoms with Crippen molar-refractivity contribution in [3.63, 3.8) is 0 Å². The molecule has 0 aliphatic rings. The average molecular weight is 371 g/mol. The highest BCUT2D eigenvalue weighted by Crippen LogP contribution is 2.38. The Morgan fingerprint density at radius 3 is 2.59 bits per heavy atom. The number of amides is 1. The van der Waals surface area contributed by atoms with Crippen LogP contribution in [0.1, 0.15) is 36.2 Å². The first-order chi connectivity index (χ1) is 13.1. The van der Waals surface area contributed by atoms with Crippen LogP contribution in [0.3, 0.4) is 0 Å². The molecule has 0 aliphatic carbocycles. The third-order valence-corrected chi connectivity index (χ3v) is 3.42. The number of nitro benzene ring substituents is 1. The highest BCUT2D eigenvalue weighted by Gasteiger charge is 2.22. The molecule has 0 aromatic heterocycles. The lowest BCUT2D eigenvalue weighted by Gasteiger charge is -2.12. The number of nitro groups is 1. The molecule has 0 fully saturated rings. The third kappa shape index (κ3) is 5.53. The van der Waals surface area contributed by atoms with Crippen molar-refractivity contribution in [2.45, 2.75) is 20.3 Å². The van der Waals surface area contributed by atoms with Crippen LogP contribution >= 0.6 is 0 Å². The maximum atomic E-state index is 12.0. The monoisotopic (exact) mass is 371 g/mol. The lowest BCUT2D eigenvalue weighted by atomic mass is 10.2. The molecule has 1 N–H and O–H groups in total. The number of nitrogens with one attached hydrogen (secondary N) is 1. The Balaban J connectivity index is 2.25. The smallest absolute Gasteiger partial charge is 0.315 e. The fraction of sp³-hybridized carbons (Fsp3) is 0.263. The van der Waals surface area contributed by atoms with Crippen LogP contribution in [0.5, 0.6) is 11.5 Å². The predicted octanol–water partition coefficient (Wildman–Crippen LogP) is 3.55. The topological polar surface area (TPSA) is 103 Å². The van der Waals surface area contributed by atoms with E-state index in [1.54, 1.807) is 43.3 Å². The minimum Gasteiger partial charge on any atom is -0.490 e. The van der Waals surface area contributed by atoms with Crippen molar-refractivity contribution in [2.24, 2.45) is 5.10 Å². The van der Waals surface area contributed by atoms with Crippen molar-refractivity contribution < 1.29 is 19.2 Å². The highest BCUT2D eigenvalue weighted by molar-refractivity contribution is 5.95. The van der Waals surface area contributed by atoms with E-state index in [9.17, 15) is 14.9 Å². The summed E-state index contributed by atoms with van der Waals surface area (Å²) in [6.07, 6.45) is 2.03. The highest BCUT2D eigenvalue weighted by atomic mass is 16.6. The van der Waals surface area contributed by atoms with Crippen LogP contribution in [0.4, 0.5) is 5.69 Å². The standard InChI is InChI=1S/C19H21N3O5/c1-3-10-27-18-16(22(24)25)11-14(12-17(18)26-4-2)13-20-21-19(23)15-8-6-5-7-9-15/h5-9,11-13H,3-4,10H2,1-2H3,(H,21,23)/b20-13+. The molecule has 0 saturated heterocycles. The molecule has 2 aromatic carbocycles. The summed E-state index contributed by atoms with van der Waals surface area (Å²) in [4.78, 5) is 22.9. The van der Waals surface area contributed by atoms with Crippen molar-refractivity contribution in [1.82, 2.24) is 5.43 Å². The molecule has 142 valence electrons. The minimum absolute atomic E-state index is 0.0918. The molecule has 0 bridgehead atoms. The van der Waals surface area contributed by atoms with Crippen LogP contribution < -0.4 is 14.9 Å². The summed E-state index contributed by atoms with van der Waals surface area (Å²) in [6, 6.07) is 11.5. The Kier molecular flexibility index (Phi) is 7.30. The van der Waals surface area contributed by atoms with E-state index in [1.165, 1.54) is 12.3 Å². The van der Waals surface area contributed by atoms with Crippen LogP contribution in [0.25, 0.3) is 0 Å². The fourth-order valence-electron chi connectivity index (χ4n) is 2.25. The molecule has 0 heterocycles. The van der Waals surface area contributed by atoms with Crippen LogP contribution in [0.2, 0.25) is 0 Å². The Hall–Kier alpha value is -3.42. The van der Waals surface area contributed by atoms with E-state index in [1.807, 2.05) is 6.92 Å². The quantitative estimate of drug-likeness (QED) is 0.412. The fourth-order valence-corrected chi connectivity index (χ4v) is 2.25. The zero-order valence-corrected chi connectivity index (χ0v) is 15.2. The van der Waals surface area contributed by atoms with Gasteiger partial charge in [0.15, 0.2) is 5.75 Å². The SMILES string of the molecule is CCCOc1c(OCC)cc(/C=N/NC(=O)c2ccccc2)cc1[N+](=O)[O-]. The van der Waals surface area contributed by atoms with Gasteiger partial charge in [0.25, 0.3) is 5.91 Å². The lowest BCUT2D eigenvalue weighted by molar-refractivity contribution is -0.386. The number of hydrogen-bond acceptors (Lipinski definition) is 6. The lowest BCUT2D eigenvalue weighted by Crippen LogP contribution is -2.17. The zero-order valence-electron chi connectivity index (χ0n) is 15.2. The molecule has 8 nitrogen and oxygen atoms in total. The van der Waals surface area contributed by atoms with Gasteiger partial charge in [-0.1, -0.05) is 25.1 Å². The summed E-state index contributed by atoms with van der Waals surface area (Å²) < 4.78 is 11.0. The van der Waals surface area contributed by atoms with Gasteiger partial charge in [-0.05, 0) is 31.5 Å². The molecule has 2 aromatic rings. The van der Waals surface area contributed by atoms with Gasteiger partial charge in [-0.2, -0.15) is 5.10 Å². The molecule has 1 amide bonds. The first-order valence-electron chi connectivity index (χ1n) is 8.53. The summed E-state index contributed by atoms with van der Waals surface area (Å²) in [6.45, 7) is 4.34. The summed E-state index contributed by atoms with van der Waals surface area (Å²) in [5.74, 6) is -0.0283. The van der Waals surface area contributed by atoms with Gasteiger partial charge in [0, 0.05) is 17.2 Å². The average Bonchev–Trinajstić information content (AvgIpc) is 2.67. The van der Waals surface area contributed by atoms with Gasteiger partial charge in [0.2, 0.25) is 5.75 Å². The van der Waals surface area contributed by atoms with E-state index in [2.05, 4.69) is 10.5 Å². The molecule has 2 rings (SSSR count). The second-order valence-electron chi connectivity index (χ2n) is 5.47. The van der Waals surface area contributed by atoms with Crippen molar-refractivity contribution in [3.8, 4) is 11.5 Å². The largest absolute Gasteiger partial charge is 0.490 e. The van der Waals surface area contributed by atoms with Gasteiger partial charge in [-0.25, -0.2) is 5.43 Å². The van der Waals surface area contributed by atoms with E-state index in [0.717, 1.165) is 0 Å². The van der Waals surface area contributed by atoms with Gasteiger partial charge in [0.05, 0.1) is 24.4 Å². The number of hydrogen-bond donors (Lipinski definition) is 1. The molecule has 0 saturated carbocycles. The molecular weight excluding hydrogens is 350 g/mol. The van der Waals surface area contributed by atoms with Gasteiger partial charge in [-0.15, -0.1) is 0 Å². The van der Waals surface area contributed by atoms with E-state index in [-0.39, 0.29) is 23.1 Å². The van der Waals surface area contributed by atoms with Crippen molar-refractivity contribution >= 4 is 17.8 Å². The van der Waals surface area contributed by atoms with Crippen LogP contribution in [0, 0.1) is 10.1 Å². The number of nitrogens with zero attached hydrogens (tertiary/aromatic N) is 2. The first-order valence-corrected chi connectivity index (χ1v) is 8.53. The number of carbonyl (C=O) groups excluding carboxylic acids is 1. The van der Waals surface area contributed by atoms with E-state index >= 15 is 0 Å². The Morgan fingerprint density at radius 2 is 1.96 bits per heavy atom. The maximum Gasteiger partial charge on any atom is 0.315 e. The Labute approximate surface area is 157 Å². The normalized spacial score (nSPS) is 10.6. The third-order valence-electron chi connectivity index (χ3n) is 3.42. The van der Waals surface area contributed by atoms with Crippen LogP contribution in [-0.2, 0) is 0 Å². The maximum absolute atomic E-state index is 12.0. The number of rotatable bonds is 9. The Bertz CT molecular complexity index is 822. The second kappa shape index (κ2) is 9.91. The summed E-state index contributed by atoms with van der Waals surface area (Å²) in [7, 11) is 0. The molecular formula is C19H21N3O5. The number of benzene rings is 2. The van der Waals surface area contributed by atoms with Gasteiger partial charge < -0.3 is 9.47 Å². The van der Waals surface area contributed by atoms with E-state index in [0.29, 0.717) is 30.8 Å². The molecule has 0 unspecified atom stereocenters. The van der Waals surface area contributed by atoms with Crippen molar-refractivity contribution in [1.29, 1.82) is 0 Å². The van der Waals surface area contributed by atoms with Crippen LogP contribution in [-0.4, -0.2) is 30.3 Å². The summed E-state index contributed by atoms with van der Waals surface area (Å²) in [5, 5.41) is 15.3. The molecule has 27 heavy (non-hydrogen) atoms. The van der Waals surface area contributed by atoms with Crippen LogP contribution in [0.15, 0.2) is 47.6 Å². The molecule has 0 aliphatic heterocycles. The van der Waals surface area contributed by atoms with Crippen molar-refractivity contribution in [2.75, 3.05) is 13.2 Å². The second-order valence-corrected chi connectivity index (χ2v) is 5.47. The number of hydrazone groups is 1.